The summed E-state index contributed by atoms with van der Waals surface area (Å²) in [6.07, 6.45) is 2.31. The molecule has 0 aromatic carbocycles. The van der Waals surface area contributed by atoms with Gasteiger partial charge in [0.05, 0.1) is 6.61 Å². The van der Waals surface area contributed by atoms with Gasteiger partial charge in [-0.1, -0.05) is 19.8 Å². The second kappa shape index (κ2) is 7.14. The fourth-order valence-corrected chi connectivity index (χ4v) is 1.30. The predicted octanol–water partition coefficient (Wildman–Crippen LogP) is 2.50. The number of hydrogen-bond donors (Lipinski definition) is 1. The number of ether oxygens (including phenoxy) is 1. The van der Waals surface area contributed by atoms with Crippen molar-refractivity contribution >= 4 is 12.1 Å². The maximum atomic E-state index is 11.7. The number of carbonyl (C=O) groups is 2. The van der Waals surface area contributed by atoms with Gasteiger partial charge in [0, 0.05) is 5.54 Å². The van der Waals surface area contributed by atoms with E-state index in [1.807, 2.05) is 0 Å². The van der Waals surface area contributed by atoms with E-state index < -0.39 is 17.6 Å². The molecule has 1 amide bonds. The number of nitrogens with zero attached hydrogens (tertiary/aromatic N) is 1. The Bertz CT molecular complexity index is 258. The quantitative estimate of drug-likeness (QED) is 0.730. The van der Waals surface area contributed by atoms with Gasteiger partial charge in [-0.05, 0) is 27.2 Å². The second-order valence-electron chi connectivity index (χ2n) is 4.97. The Morgan fingerprint density at radius 3 is 2.24 bits per heavy atom. The number of carboxylic acids is 1. The van der Waals surface area contributed by atoms with E-state index in [4.69, 9.17) is 9.84 Å². The average Bonchev–Trinajstić information content (AvgIpc) is 2.19. The summed E-state index contributed by atoms with van der Waals surface area (Å²) < 4.78 is 5.06. The van der Waals surface area contributed by atoms with E-state index in [-0.39, 0.29) is 6.54 Å². The number of unbranched alkanes of at least 4 members (excludes halogenated alkanes) is 2. The zero-order valence-electron chi connectivity index (χ0n) is 11.2. The Kier molecular flexibility index (Phi) is 6.61. The summed E-state index contributed by atoms with van der Waals surface area (Å²) in [5.41, 5.74) is -0.555. The van der Waals surface area contributed by atoms with Crippen LogP contribution in [0, 0.1) is 0 Å². The number of amides is 1. The van der Waals surface area contributed by atoms with Crippen molar-refractivity contribution in [3.05, 3.63) is 0 Å². The number of carboxylic acid groups (broad SMARTS) is 1. The van der Waals surface area contributed by atoms with Crippen molar-refractivity contribution in [1.82, 2.24) is 4.90 Å². The Morgan fingerprint density at radius 2 is 1.82 bits per heavy atom. The summed E-state index contributed by atoms with van der Waals surface area (Å²) in [5.74, 6) is -1.04. The third-order valence-electron chi connectivity index (χ3n) is 2.30. The summed E-state index contributed by atoms with van der Waals surface area (Å²) in [7, 11) is 0. The summed E-state index contributed by atoms with van der Waals surface area (Å²) in [5, 5.41) is 8.76. The maximum Gasteiger partial charge on any atom is 0.410 e. The van der Waals surface area contributed by atoms with Crippen LogP contribution in [-0.4, -0.2) is 40.8 Å². The maximum absolute atomic E-state index is 11.7. The van der Waals surface area contributed by atoms with Gasteiger partial charge < -0.3 is 9.84 Å². The van der Waals surface area contributed by atoms with Crippen molar-refractivity contribution in [2.45, 2.75) is 52.5 Å². The minimum Gasteiger partial charge on any atom is -0.480 e. The van der Waals surface area contributed by atoms with Crippen molar-refractivity contribution in [3.8, 4) is 0 Å². The Balaban J connectivity index is 4.29. The molecule has 5 heteroatoms. The van der Waals surface area contributed by atoms with Gasteiger partial charge in [-0.2, -0.15) is 0 Å². The molecule has 100 valence electrons. The van der Waals surface area contributed by atoms with Crippen LogP contribution in [0.1, 0.15) is 47.0 Å². The molecule has 0 fully saturated rings. The van der Waals surface area contributed by atoms with Gasteiger partial charge in [-0.3, -0.25) is 9.69 Å². The first-order valence-electron chi connectivity index (χ1n) is 5.95. The van der Waals surface area contributed by atoms with Gasteiger partial charge in [0.15, 0.2) is 0 Å². The largest absolute Gasteiger partial charge is 0.480 e. The van der Waals surface area contributed by atoms with E-state index >= 15 is 0 Å². The van der Waals surface area contributed by atoms with E-state index in [1.54, 1.807) is 20.8 Å². The molecule has 0 heterocycles. The van der Waals surface area contributed by atoms with Crippen LogP contribution in [0.3, 0.4) is 0 Å². The average molecular weight is 245 g/mol. The van der Waals surface area contributed by atoms with Crippen LogP contribution >= 0.6 is 0 Å². The summed E-state index contributed by atoms with van der Waals surface area (Å²) in [4.78, 5) is 23.6. The van der Waals surface area contributed by atoms with Crippen molar-refractivity contribution in [2.24, 2.45) is 0 Å². The van der Waals surface area contributed by atoms with Crippen molar-refractivity contribution in [3.63, 3.8) is 0 Å². The highest BCUT2D eigenvalue weighted by molar-refractivity contribution is 5.77. The first-order valence-corrected chi connectivity index (χ1v) is 5.95. The van der Waals surface area contributed by atoms with Crippen LogP contribution in [0.2, 0.25) is 0 Å². The van der Waals surface area contributed by atoms with E-state index in [0.717, 1.165) is 19.3 Å². The third-order valence-corrected chi connectivity index (χ3v) is 2.30. The zero-order valence-corrected chi connectivity index (χ0v) is 11.2. The smallest absolute Gasteiger partial charge is 0.410 e. The first-order chi connectivity index (χ1) is 7.79. The molecule has 0 aliphatic heterocycles. The molecule has 0 aromatic rings. The van der Waals surface area contributed by atoms with Crippen molar-refractivity contribution in [1.29, 1.82) is 0 Å². The van der Waals surface area contributed by atoms with Crippen LogP contribution in [0.4, 0.5) is 4.79 Å². The van der Waals surface area contributed by atoms with Crippen LogP contribution < -0.4 is 0 Å². The van der Waals surface area contributed by atoms with E-state index in [1.165, 1.54) is 4.90 Å². The summed E-state index contributed by atoms with van der Waals surface area (Å²) in [6, 6.07) is 0. The minimum atomic E-state index is -1.04. The topological polar surface area (TPSA) is 66.8 Å². The number of rotatable bonds is 6. The van der Waals surface area contributed by atoms with Crippen molar-refractivity contribution < 1.29 is 19.4 Å². The molecule has 0 radical (unpaired) electrons. The van der Waals surface area contributed by atoms with Crippen LogP contribution in [-0.2, 0) is 9.53 Å². The lowest BCUT2D eigenvalue weighted by molar-refractivity contribution is -0.139. The first kappa shape index (κ1) is 15.7. The molecule has 0 spiro atoms. The van der Waals surface area contributed by atoms with Crippen molar-refractivity contribution in [2.75, 3.05) is 13.2 Å². The van der Waals surface area contributed by atoms with E-state index in [0.29, 0.717) is 6.61 Å². The van der Waals surface area contributed by atoms with Gasteiger partial charge in [0.2, 0.25) is 0 Å². The van der Waals surface area contributed by atoms with Gasteiger partial charge in [-0.15, -0.1) is 0 Å². The Morgan fingerprint density at radius 1 is 1.24 bits per heavy atom. The molecule has 17 heavy (non-hydrogen) atoms. The van der Waals surface area contributed by atoms with Gasteiger partial charge in [0.25, 0.3) is 0 Å². The lowest BCUT2D eigenvalue weighted by Crippen LogP contribution is -2.48. The Hall–Kier alpha value is -1.26. The van der Waals surface area contributed by atoms with Crippen LogP contribution in [0.25, 0.3) is 0 Å². The molecule has 5 nitrogen and oxygen atoms in total. The number of aliphatic carboxylic acids is 1. The summed E-state index contributed by atoms with van der Waals surface area (Å²) in [6.45, 7) is 7.42. The normalized spacial score (nSPS) is 11.1. The van der Waals surface area contributed by atoms with E-state index in [2.05, 4.69) is 6.92 Å². The molecule has 0 bridgehead atoms. The molecule has 0 unspecified atom stereocenters. The van der Waals surface area contributed by atoms with E-state index in [9.17, 15) is 9.59 Å². The Labute approximate surface area is 103 Å². The molecule has 1 N–H and O–H groups in total. The molecule has 0 aliphatic rings. The SMILES string of the molecule is CCCCCOC(=O)N(CC(=O)O)C(C)(C)C. The second-order valence-corrected chi connectivity index (χ2v) is 4.97. The molecule has 0 atom stereocenters. The fraction of sp³-hybridized carbons (Fsp3) is 0.833. The minimum absolute atomic E-state index is 0.337. The molecule has 0 aromatic heterocycles. The van der Waals surface area contributed by atoms with Gasteiger partial charge >= 0.3 is 12.1 Å². The van der Waals surface area contributed by atoms with Crippen LogP contribution in [0.15, 0.2) is 0 Å². The predicted molar refractivity (Wildman–Crippen MR) is 65.0 cm³/mol. The standard InChI is InChI=1S/C12H23NO4/c1-5-6-7-8-17-11(16)13(9-10(14)15)12(2,3)4/h5-9H2,1-4H3,(H,14,15). The monoisotopic (exact) mass is 245 g/mol. The fourth-order valence-electron chi connectivity index (χ4n) is 1.30. The highest BCUT2D eigenvalue weighted by Gasteiger charge is 2.29. The third kappa shape index (κ3) is 6.81. The highest BCUT2D eigenvalue weighted by Crippen LogP contribution is 2.14. The molecule has 0 rings (SSSR count). The lowest BCUT2D eigenvalue weighted by atomic mass is 10.1. The summed E-state index contributed by atoms with van der Waals surface area (Å²) >= 11 is 0. The highest BCUT2D eigenvalue weighted by atomic mass is 16.6. The molecule has 0 aliphatic carbocycles. The molecular formula is C12H23NO4. The molecule has 0 saturated carbocycles. The molecular weight excluding hydrogens is 222 g/mol. The molecule has 0 saturated heterocycles. The zero-order chi connectivity index (χ0) is 13.5. The number of carbonyl (C=O) groups excluding carboxylic acids is 1. The lowest BCUT2D eigenvalue weighted by Gasteiger charge is -2.33. The number of hydrogen-bond acceptors (Lipinski definition) is 3. The van der Waals surface area contributed by atoms with Crippen LogP contribution in [0.5, 0.6) is 0 Å². The van der Waals surface area contributed by atoms with Gasteiger partial charge in [0.1, 0.15) is 6.54 Å². The van der Waals surface area contributed by atoms with Gasteiger partial charge in [-0.25, -0.2) is 4.79 Å².